The molecule has 0 aromatic carbocycles. The first kappa shape index (κ1) is 22.6. The number of aromatic nitrogens is 7. The van der Waals surface area contributed by atoms with E-state index in [1.54, 1.807) is 15.4 Å². The van der Waals surface area contributed by atoms with E-state index >= 15 is 0 Å². The van der Waals surface area contributed by atoms with Crippen LogP contribution in [0, 0.1) is 0 Å². The van der Waals surface area contributed by atoms with Crippen molar-refractivity contribution >= 4 is 11.2 Å². The maximum atomic E-state index is 12.7. The van der Waals surface area contributed by atoms with Crippen LogP contribution in [0.5, 0.6) is 0 Å². The maximum Gasteiger partial charge on any atom is 0.332 e. The number of rotatable bonds is 4. The van der Waals surface area contributed by atoms with Crippen LogP contribution in [0.2, 0.25) is 0 Å². The third-order valence-electron chi connectivity index (χ3n) is 6.74. The van der Waals surface area contributed by atoms with Gasteiger partial charge in [-0.1, -0.05) is 5.21 Å². The molecule has 13 heteroatoms. The molecule has 3 aliphatic heterocycles. The van der Waals surface area contributed by atoms with E-state index in [4.69, 9.17) is 18.9 Å². The van der Waals surface area contributed by atoms with E-state index in [0.29, 0.717) is 43.4 Å². The van der Waals surface area contributed by atoms with Gasteiger partial charge in [0.25, 0.3) is 5.56 Å². The van der Waals surface area contributed by atoms with Crippen molar-refractivity contribution in [2.24, 2.45) is 7.05 Å². The number of nitrogens with zero attached hydrogens (tertiary/aromatic N) is 7. The highest BCUT2D eigenvalue weighted by Crippen LogP contribution is 2.36. The lowest BCUT2D eigenvalue weighted by atomic mass is 10.1. The molecule has 0 spiro atoms. The minimum atomic E-state index is -0.774. The summed E-state index contributed by atoms with van der Waals surface area (Å²) in [5.74, 6) is -0.936. The molecule has 3 aliphatic rings. The summed E-state index contributed by atoms with van der Waals surface area (Å²) in [5.41, 5.74) is 0.544. The molecular formula is C22H29N7O6. The van der Waals surface area contributed by atoms with E-state index in [-0.39, 0.29) is 29.5 Å². The van der Waals surface area contributed by atoms with Crippen molar-refractivity contribution in [3.05, 3.63) is 27.0 Å². The molecule has 0 aliphatic carbocycles. The van der Waals surface area contributed by atoms with Gasteiger partial charge in [-0.3, -0.25) is 13.9 Å². The lowest BCUT2D eigenvalue weighted by molar-refractivity contribution is -0.174. The highest BCUT2D eigenvalue weighted by molar-refractivity contribution is 5.76. The Bertz CT molecular complexity index is 1430. The van der Waals surface area contributed by atoms with Crippen LogP contribution in [0.1, 0.15) is 34.1 Å². The van der Waals surface area contributed by atoms with Gasteiger partial charge in [-0.05, 0) is 34.1 Å². The second-order valence-corrected chi connectivity index (χ2v) is 10.2. The minimum absolute atomic E-state index is 0.256. The van der Waals surface area contributed by atoms with E-state index in [2.05, 4.69) is 15.3 Å². The first-order chi connectivity index (χ1) is 16.5. The molecule has 6 heterocycles. The SMILES string of the molecule is Cn1c(=O)c2nc(-c3cn(C[C@H]4OC(C)(C)O[C@@H]4[C@@H]4COC(C)(C)O4)nn3)n3c2n(c1=O)CCC3. The van der Waals surface area contributed by atoms with Gasteiger partial charge in [0.05, 0.1) is 19.3 Å². The van der Waals surface area contributed by atoms with Gasteiger partial charge in [-0.15, -0.1) is 5.10 Å². The fourth-order valence-electron chi connectivity index (χ4n) is 5.25. The molecular weight excluding hydrogens is 458 g/mol. The molecule has 13 nitrogen and oxygen atoms in total. The van der Waals surface area contributed by atoms with Crippen molar-refractivity contribution < 1.29 is 18.9 Å². The van der Waals surface area contributed by atoms with Crippen molar-refractivity contribution in [1.82, 2.24) is 33.7 Å². The third kappa shape index (κ3) is 3.64. The van der Waals surface area contributed by atoms with Crippen molar-refractivity contribution in [3.8, 4) is 11.5 Å². The summed E-state index contributed by atoms with van der Waals surface area (Å²) in [6.07, 6.45) is 1.58. The van der Waals surface area contributed by atoms with Crippen LogP contribution in [-0.2, 0) is 45.6 Å². The summed E-state index contributed by atoms with van der Waals surface area (Å²) in [7, 11) is 1.47. The predicted octanol–water partition coefficient (Wildman–Crippen LogP) is 0.231. The van der Waals surface area contributed by atoms with Crippen molar-refractivity contribution in [3.63, 3.8) is 0 Å². The van der Waals surface area contributed by atoms with Crippen molar-refractivity contribution in [2.45, 2.75) is 83.6 Å². The minimum Gasteiger partial charge on any atom is -0.348 e. The first-order valence-electron chi connectivity index (χ1n) is 11.8. The Morgan fingerprint density at radius 2 is 1.83 bits per heavy atom. The molecule has 2 saturated heterocycles. The number of ether oxygens (including phenoxy) is 4. The van der Waals surface area contributed by atoms with Gasteiger partial charge in [0.1, 0.15) is 24.0 Å². The zero-order valence-corrected chi connectivity index (χ0v) is 20.4. The van der Waals surface area contributed by atoms with Crippen LogP contribution in [0.4, 0.5) is 0 Å². The van der Waals surface area contributed by atoms with E-state index in [1.807, 2.05) is 32.3 Å². The molecule has 0 amide bonds. The molecule has 2 fully saturated rings. The van der Waals surface area contributed by atoms with Crippen LogP contribution in [0.3, 0.4) is 0 Å². The lowest BCUT2D eigenvalue weighted by Gasteiger charge is -2.23. The van der Waals surface area contributed by atoms with Gasteiger partial charge < -0.3 is 23.5 Å². The van der Waals surface area contributed by atoms with Crippen LogP contribution in [0.15, 0.2) is 15.8 Å². The Hall–Kier alpha value is -2.87. The largest absolute Gasteiger partial charge is 0.348 e. The molecule has 0 N–H and O–H groups in total. The van der Waals surface area contributed by atoms with Gasteiger partial charge in [0.2, 0.25) is 0 Å². The van der Waals surface area contributed by atoms with Crippen LogP contribution in [0.25, 0.3) is 22.7 Å². The second kappa shape index (κ2) is 7.56. The summed E-state index contributed by atoms with van der Waals surface area (Å²) < 4.78 is 30.4. The molecule has 3 atom stereocenters. The van der Waals surface area contributed by atoms with Crippen LogP contribution >= 0.6 is 0 Å². The van der Waals surface area contributed by atoms with Gasteiger partial charge in [0, 0.05) is 20.1 Å². The topological polar surface area (TPSA) is 129 Å². The summed E-state index contributed by atoms with van der Waals surface area (Å²) in [6.45, 7) is 9.46. The summed E-state index contributed by atoms with van der Waals surface area (Å²) in [5, 5.41) is 8.61. The van der Waals surface area contributed by atoms with Crippen molar-refractivity contribution in [1.29, 1.82) is 0 Å². The Labute approximate surface area is 200 Å². The van der Waals surface area contributed by atoms with Gasteiger partial charge in [0.15, 0.2) is 28.6 Å². The highest BCUT2D eigenvalue weighted by atomic mass is 16.8. The average Bonchev–Trinajstić information content (AvgIpc) is 3.55. The molecule has 0 bridgehead atoms. The van der Waals surface area contributed by atoms with E-state index in [0.717, 1.165) is 11.0 Å². The molecule has 188 valence electrons. The zero-order chi connectivity index (χ0) is 24.7. The number of hydrogen-bond acceptors (Lipinski definition) is 9. The van der Waals surface area contributed by atoms with Crippen LogP contribution < -0.4 is 11.2 Å². The highest BCUT2D eigenvalue weighted by Gasteiger charge is 2.49. The Morgan fingerprint density at radius 3 is 2.57 bits per heavy atom. The standard InChI is InChI=1S/C22H29N7O6/c1-21(2)32-11-14(34-21)16-13(33-22(3,4)35-16)10-27-9-12(24-25-27)17-23-15-18-28(17)7-6-8-29(18)20(31)26(5)19(15)30/h9,13-14,16H,6-8,10-11H2,1-5H3/t13-,14+,16+/m1/s1. The molecule has 3 aromatic heterocycles. The Morgan fingerprint density at radius 1 is 1.06 bits per heavy atom. The fourth-order valence-corrected chi connectivity index (χ4v) is 5.25. The zero-order valence-electron chi connectivity index (χ0n) is 20.4. The Balaban J connectivity index is 1.32. The number of aryl methyl sites for hydroxylation is 2. The van der Waals surface area contributed by atoms with E-state index in [1.165, 1.54) is 7.05 Å². The molecule has 0 radical (unpaired) electrons. The molecule has 0 unspecified atom stereocenters. The summed E-state index contributed by atoms with van der Waals surface area (Å²) >= 11 is 0. The molecule has 6 rings (SSSR count). The normalized spacial score (nSPS) is 27.2. The fraction of sp³-hybridized carbons (Fsp3) is 0.682. The summed E-state index contributed by atoms with van der Waals surface area (Å²) in [6, 6.07) is 0. The number of hydrogen-bond donors (Lipinski definition) is 0. The maximum absolute atomic E-state index is 12.7. The van der Waals surface area contributed by atoms with Gasteiger partial charge >= 0.3 is 5.69 Å². The third-order valence-corrected chi connectivity index (χ3v) is 6.74. The Kier molecular flexibility index (Phi) is 4.88. The average molecular weight is 488 g/mol. The lowest BCUT2D eigenvalue weighted by Crippen LogP contribution is -2.40. The van der Waals surface area contributed by atoms with Gasteiger partial charge in [-0.2, -0.15) is 0 Å². The van der Waals surface area contributed by atoms with E-state index in [9.17, 15) is 9.59 Å². The van der Waals surface area contributed by atoms with E-state index < -0.39 is 17.1 Å². The predicted molar refractivity (Wildman–Crippen MR) is 122 cm³/mol. The molecule has 35 heavy (non-hydrogen) atoms. The molecule has 0 saturated carbocycles. The monoisotopic (exact) mass is 487 g/mol. The van der Waals surface area contributed by atoms with Crippen molar-refractivity contribution in [2.75, 3.05) is 6.61 Å². The quantitative estimate of drug-likeness (QED) is 0.508. The second-order valence-electron chi connectivity index (χ2n) is 10.2. The first-order valence-corrected chi connectivity index (χ1v) is 11.8. The molecule has 3 aromatic rings. The summed E-state index contributed by atoms with van der Waals surface area (Å²) in [4.78, 5) is 29.9. The van der Waals surface area contributed by atoms with Gasteiger partial charge in [-0.25, -0.2) is 14.5 Å². The number of imidazole rings is 1. The van der Waals surface area contributed by atoms with Crippen LogP contribution in [-0.4, -0.2) is 70.2 Å². The smallest absolute Gasteiger partial charge is 0.332 e.